The van der Waals surface area contributed by atoms with Gasteiger partial charge in [0.05, 0.1) is 0 Å². The van der Waals surface area contributed by atoms with Crippen LogP contribution in [0.5, 0.6) is 0 Å². The van der Waals surface area contributed by atoms with E-state index >= 15 is 0 Å². The summed E-state index contributed by atoms with van der Waals surface area (Å²) < 4.78 is 0. The monoisotopic (exact) mass is 361 g/mol. The third-order valence-electron chi connectivity index (χ3n) is 4.10. The van der Waals surface area contributed by atoms with Crippen LogP contribution >= 0.6 is 0 Å². The van der Waals surface area contributed by atoms with E-state index < -0.39 is 0 Å². The van der Waals surface area contributed by atoms with Gasteiger partial charge in [0.15, 0.2) is 5.69 Å². The fourth-order valence-electron chi connectivity index (χ4n) is 2.67. The largest absolute Gasteiger partial charge is 0.365 e. The van der Waals surface area contributed by atoms with Gasteiger partial charge >= 0.3 is 0 Å². The Bertz CT molecular complexity index is 902. The summed E-state index contributed by atoms with van der Waals surface area (Å²) in [7, 11) is 0. The number of rotatable bonds is 5. The molecule has 138 valence electrons. The highest BCUT2D eigenvalue weighted by atomic mass is 16.1. The summed E-state index contributed by atoms with van der Waals surface area (Å²) >= 11 is 0. The molecule has 0 aliphatic rings. The number of pyridine rings is 1. The van der Waals surface area contributed by atoms with E-state index in [1.54, 1.807) is 24.5 Å². The molecule has 0 atom stereocenters. The first kappa shape index (κ1) is 18.5. The van der Waals surface area contributed by atoms with E-state index in [1.165, 1.54) is 0 Å². The molecule has 6 nitrogen and oxygen atoms in total. The van der Waals surface area contributed by atoms with Gasteiger partial charge in [0.25, 0.3) is 5.91 Å². The van der Waals surface area contributed by atoms with E-state index in [9.17, 15) is 4.79 Å². The summed E-state index contributed by atoms with van der Waals surface area (Å²) in [4.78, 5) is 16.5. The van der Waals surface area contributed by atoms with Crippen molar-refractivity contribution in [2.75, 3.05) is 10.6 Å². The van der Waals surface area contributed by atoms with E-state index in [0.29, 0.717) is 12.4 Å². The van der Waals surface area contributed by atoms with Crippen LogP contribution < -0.4 is 10.6 Å². The Labute approximate surface area is 159 Å². The SMILES string of the molecule is CC(C)(C)c1ccccc1NC(=O)c1ccc(NCc2ccncc2)nn1. The average molecular weight is 361 g/mol. The summed E-state index contributed by atoms with van der Waals surface area (Å²) in [5.41, 5.74) is 3.15. The molecule has 0 saturated carbocycles. The highest BCUT2D eigenvalue weighted by Crippen LogP contribution is 2.29. The smallest absolute Gasteiger partial charge is 0.276 e. The number of anilines is 2. The van der Waals surface area contributed by atoms with Crippen LogP contribution in [0, 0.1) is 0 Å². The van der Waals surface area contributed by atoms with E-state index in [4.69, 9.17) is 0 Å². The topological polar surface area (TPSA) is 79.8 Å². The lowest BCUT2D eigenvalue weighted by atomic mass is 9.86. The molecule has 0 unspecified atom stereocenters. The van der Waals surface area contributed by atoms with Crippen molar-refractivity contribution < 1.29 is 4.79 Å². The van der Waals surface area contributed by atoms with Crippen molar-refractivity contribution in [3.63, 3.8) is 0 Å². The van der Waals surface area contributed by atoms with E-state index in [0.717, 1.165) is 16.8 Å². The number of hydrogen-bond acceptors (Lipinski definition) is 5. The molecule has 2 aromatic heterocycles. The predicted octanol–water partition coefficient (Wildman–Crippen LogP) is 4.03. The lowest BCUT2D eigenvalue weighted by Gasteiger charge is -2.22. The van der Waals surface area contributed by atoms with Crippen LogP contribution in [0.3, 0.4) is 0 Å². The van der Waals surface area contributed by atoms with Crippen molar-refractivity contribution in [2.45, 2.75) is 32.7 Å². The molecule has 0 bridgehead atoms. The number of hydrogen-bond donors (Lipinski definition) is 2. The van der Waals surface area contributed by atoms with Gasteiger partial charge in [-0.2, -0.15) is 0 Å². The molecule has 1 amide bonds. The molecule has 0 spiro atoms. The molecule has 6 heteroatoms. The molecule has 0 aliphatic carbocycles. The zero-order chi connectivity index (χ0) is 19.3. The molecule has 3 rings (SSSR count). The van der Waals surface area contributed by atoms with Crippen LogP contribution in [-0.2, 0) is 12.0 Å². The number of nitrogens with zero attached hydrogens (tertiary/aromatic N) is 3. The Morgan fingerprint density at radius 3 is 2.37 bits per heavy atom. The number of para-hydroxylation sites is 1. The number of amides is 1. The highest BCUT2D eigenvalue weighted by Gasteiger charge is 2.19. The molecule has 2 N–H and O–H groups in total. The molecular weight excluding hydrogens is 338 g/mol. The Morgan fingerprint density at radius 2 is 1.70 bits per heavy atom. The summed E-state index contributed by atoms with van der Waals surface area (Å²) in [6.07, 6.45) is 3.48. The van der Waals surface area contributed by atoms with Crippen molar-refractivity contribution in [3.8, 4) is 0 Å². The molecule has 27 heavy (non-hydrogen) atoms. The summed E-state index contributed by atoms with van der Waals surface area (Å²) in [6.45, 7) is 6.95. The summed E-state index contributed by atoms with van der Waals surface area (Å²) in [5.74, 6) is 0.332. The summed E-state index contributed by atoms with van der Waals surface area (Å²) in [5, 5.41) is 14.2. The number of nitrogens with one attached hydrogen (secondary N) is 2. The number of carbonyl (C=O) groups excluding carboxylic acids is 1. The van der Waals surface area contributed by atoms with E-state index in [2.05, 4.69) is 46.6 Å². The Balaban J connectivity index is 1.66. The number of carbonyl (C=O) groups is 1. The highest BCUT2D eigenvalue weighted by molar-refractivity contribution is 6.03. The lowest BCUT2D eigenvalue weighted by Crippen LogP contribution is -2.19. The fraction of sp³-hybridized carbons (Fsp3) is 0.238. The van der Waals surface area contributed by atoms with Gasteiger partial charge < -0.3 is 10.6 Å². The summed E-state index contributed by atoms with van der Waals surface area (Å²) in [6, 6.07) is 15.1. The number of aromatic nitrogens is 3. The Morgan fingerprint density at radius 1 is 0.963 bits per heavy atom. The first-order valence-corrected chi connectivity index (χ1v) is 8.81. The van der Waals surface area contributed by atoms with Gasteiger partial charge in [-0.1, -0.05) is 39.0 Å². The maximum Gasteiger partial charge on any atom is 0.276 e. The lowest BCUT2D eigenvalue weighted by molar-refractivity contribution is 0.102. The second kappa shape index (κ2) is 7.95. The third kappa shape index (κ3) is 4.88. The zero-order valence-corrected chi connectivity index (χ0v) is 15.7. The maximum atomic E-state index is 12.5. The molecule has 0 aliphatic heterocycles. The second-order valence-electron chi connectivity index (χ2n) is 7.26. The van der Waals surface area contributed by atoms with Crippen LogP contribution in [0.1, 0.15) is 42.4 Å². The second-order valence-corrected chi connectivity index (χ2v) is 7.26. The Kier molecular flexibility index (Phi) is 5.45. The first-order valence-electron chi connectivity index (χ1n) is 8.81. The minimum atomic E-state index is -0.278. The van der Waals surface area contributed by atoms with Crippen molar-refractivity contribution in [3.05, 3.63) is 77.7 Å². The molecular formula is C21H23N5O. The minimum absolute atomic E-state index is 0.0731. The van der Waals surface area contributed by atoms with Crippen molar-refractivity contribution in [1.29, 1.82) is 0 Å². The van der Waals surface area contributed by atoms with Gasteiger partial charge in [-0.25, -0.2) is 0 Å². The van der Waals surface area contributed by atoms with Crippen molar-refractivity contribution in [1.82, 2.24) is 15.2 Å². The Hall–Kier alpha value is -3.28. The van der Waals surface area contributed by atoms with Crippen LogP contribution in [0.2, 0.25) is 0 Å². The minimum Gasteiger partial charge on any atom is -0.365 e. The van der Waals surface area contributed by atoms with Gasteiger partial charge in [0.1, 0.15) is 5.82 Å². The van der Waals surface area contributed by atoms with Crippen molar-refractivity contribution >= 4 is 17.4 Å². The molecule has 0 fully saturated rings. The molecule has 2 heterocycles. The normalized spacial score (nSPS) is 11.1. The van der Waals surface area contributed by atoms with Crippen LogP contribution in [-0.4, -0.2) is 21.1 Å². The van der Waals surface area contributed by atoms with E-state index in [1.807, 2.05) is 36.4 Å². The first-order chi connectivity index (χ1) is 12.9. The molecule has 3 aromatic rings. The predicted molar refractivity (Wildman–Crippen MR) is 107 cm³/mol. The number of benzene rings is 1. The van der Waals surface area contributed by atoms with Gasteiger partial charge in [0, 0.05) is 24.6 Å². The fourth-order valence-corrected chi connectivity index (χ4v) is 2.67. The molecule has 1 aromatic carbocycles. The van der Waals surface area contributed by atoms with Gasteiger partial charge in [-0.3, -0.25) is 9.78 Å². The average Bonchev–Trinajstić information content (AvgIpc) is 2.67. The quantitative estimate of drug-likeness (QED) is 0.717. The van der Waals surface area contributed by atoms with Gasteiger partial charge in [-0.15, -0.1) is 10.2 Å². The van der Waals surface area contributed by atoms with Crippen LogP contribution in [0.4, 0.5) is 11.5 Å². The van der Waals surface area contributed by atoms with Crippen LogP contribution in [0.15, 0.2) is 60.9 Å². The standard InChI is InChI=1S/C21H23N5O/c1-21(2,3)16-6-4-5-7-17(16)24-20(27)18-8-9-19(26-25-18)23-14-15-10-12-22-13-11-15/h4-13H,14H2,1-3H3,(H,23,26)(H,24,27). The molecule has 0 radical (unpaired) electrons. The van der Waals surface area contributed by atoms with E-state index in [-0.39, 0.29) is 17.0 Å². The van der Waals surface area contributed by atoms with Gasteiger partial charge in [-0.05, 0) is 46.9 Å². The molecule has 0 saturated heterocycles. The van der Waals surface area contributed by atoms with Crippen molar-refractivity contribution in [2.24, 2.45) is 0 Å². The maximum absolute atomic E-state index is 12.5. The third-order valence-corrected chi connectivity index (χ3v) is 4.10. The zero-order valence-electron chi connectivity index (χ0n) is 15.7. The van der Waals surface area contributed by atoms with Crippen LogP contribution in [0.25, 0.3) is 0 Å². The van der Waals surface area contributed by atoms with Gasteiger partial charge in [0.2, 0.25) is 0 Å².